The van der Waals surface area contributed by atoms with Gasteiger partial charge in [0, 0.05) is 0 Å². The van der Waals surface area contributed by atoms with Crippen molar-refractivity contribution < 1.29 is 9.90 Å². The van der Waals surface area contributed by atoms with Crippen LogP contribution in [0, 0.1) is 5.92 Å². The van der Waals surface area contributed by atoms with Crippen LogP contribution in [-0.2, 0) is 4.79 Å². The van der Waals surface area contributed by atoms with Crippen LogP contribution in [0.3, 0.4) is 0 Å². The first kappa shape index (κ1) is 11.2. The fourth-order valence-corrected chi connectivity index (χ4v) is 0.950. The molecule has 0 heterocycles. The molecule has 0 aliphatic carbocycles. The Morgan fingerprint density at radius 2 is 2.17 bits per heavy atom. The molecule has 0 aliphatic heterocycles. The fraction of sp³-hybridized carbons (Fsp3) is 0.700. The summed E-state index contributed by atoms with van der Waals surface area (Å²) in [6, 6.07) is 0. The second kappa shape index (κ2) is 6.89. The van der Waals surface area contributed by atoms with Gasteiger partial charge in [-0.3, -0.25) is 4.79 Å². The third-order valence-corrected chi connectivity index (χ3v) is 1.83. The Kier molecular flexibility index (Phi) is 6.44. The monoisotopic (exact) mass is 170 g/mol. The third-order valence-electron chi connectivity index (χ3n) is 1.83. The Hall–Kier alpha value is -0.790. The van der Waals surface area contributed by atoms with Crippen LogP contribution in [0.4, 0.5) is 0 Å². The third kappa shape index (κ3) is 5.96. The lowest BCUT2D eigenvalue weighted by molar-refractivity contribution is -0.141. The first-order valence-electron chi connectivity index (χ1n) is 4.56. The zero-order valence-electron chi connectivity index (χ0n) is 7.92. The molecule has 1 N–H and O–H groups in total. The molecule has 0 fully saturated rings. The van der Waals surface area contributed by atoms with Crippen molar-refractivity contribution in [3.63, 3.8) is 0 Å². The maximum atomic E-state index is 10.4. The van der Waals surface area contributed by atoms with Gasteiger partial charge in [0.2, 0.25) is 0 Å². The van der Waals surface area contributed by atoms with Crippen molar-refractivity contribution in [2.45, 2.75) is 39.5 Å². The average molecular weight is 170 g/mol. The van der Waals surface area contributed by atoms with Crippen LogP contribution in [0.5, 0.6) is 0 Å². The lowest BCUT2D eigenvalue weighted by Gasteiger charge is -2.02. The summed E-state index contributed by atoms with van der Waals surface area (Å²) in [5, 5.41) is 8.57. The molecule has 1 atom stereocenters. The largest absolute Gasteiger partial charge is 0.481 e. The lowest BCUT2D eigenvalue weighted by Crippen LogP contribution is -2.08. The highest BCUT2D eigenvalue weighted by atomic mass is 16.4. The number of hydrogen-bond acceptors (Lipinski definition) is 1. The van der Waals surface area contributed by atoms with E-state index in [9.17, 15) is 4.79 Å². The summed E-state index contributed by atoms with van der Waals surface area (Å²) in [7, 11) is 0. The molecule has 2 nitrogen and oxygen atoms in total. The molecular weight excluding hydrogens is 152 g/mol. The first-order valence-corrected chi connectivity index (χ1v) is 4.56. The Balaban J connectivity index is 3.31. The molecule has 70 valence electrons. The van der Waals surface area contributed by atoms with Crippen molar-refractivity contribution in [3.05, 3.63) is 12.2 Å². The van der Waals surface area contributed by atoms with E-state index in [0.717, 1.165) is 25.7 Å². The molecule has 0 bridgehead atoms. The fourth-order valence-electron chi connectivity index (χ4n) is 0.950. The number of aliphatic carboxylic acids is 1. The van der Waals surface area contributed by atoms with Gasteiger partial charge < -0.3 is 5.11 Å². The summed E-state index contributed by atoms with van der Waals surface area (Å²) in [6.07, 6.45) is 8.06. The van der Waals surface area contributed by atoms with Crippen molar-refractivity contribution in [2.75, 3.05) is 0 Å². The van der Waals surface area contributed by atoms with Gasteiger partial charge in [0.1, 0.15) is 0 Å². The summed E-state index contributed by atoms with van der Waals surface area (Å²) < 4.78 is 0. The maximum Gasteiger partial charge on any atom is 0.306 e. The molecule has 12 heavy (non-hydrogen) atoms. The van der Waals surface area contributed by atoms with Gasteiger partial charge in [0.05, 0.1) is 5.92 Å². The summed E-state index contributed by atoms with van der Waals surface area (Å²) in [5.41, 5.74) is 0. The second-order valence-corrected chi connectivity index (χ2v) is 3.05. The molecule has 0 saturated carbocycles. The van der Waals surface area contributed by atoms with E-state index in [1.54, 1.807) is 6.92 Å². The quantitative estimate of drug-likeness (QED) is 0.491. The van der Waals surface area contributed by atoms with E-state index >= 15 is 0 Å². The summed E-state index contributed by atoms with van der Waals surface area (Å²) in [6.45, 7) is 3.85. The summed E-state index contributed by atoms with van der Waals surface area (Å²) in [5.74, 6) is -0.880. The number of allylic oxidation sites excluding steroid dienone is 2. The highest BCUT2D eigenvalue weighted by Gasteiger charge is 2.08. The van der Waals surface area contributed by atoms with Gasteiger partial charge in [0.25, 0.3) is 0 Å². The maximum absolute atomic E-state index is 10.4. The highest BCUT2D eigenvalue weighted by molar-refractivity contribution is 5.69. The second-order valence-electron chi connectivity index (χ2n) is 3.05. The van der Waals surface area contributed by atoms with E-state index in [4.69, 9.17) is 5.11 Å². The van der Waals surface area contributed by atoms with Gasteiger partial charge in [-0.1, -0.05) is 26.0 Å². The van der Waals surface area contributed by atoms with Crippen LogP contribution in [-0.4, -0.2) is 11.1 Å². The topological polar surface area (TPSA) is 37.3 Å². The Morgan fingerprint density at radius 3 is 2.67 bits per heavy atom. The van der Waals surface area contributed by atoms with Crippen LogP contribution in [0.2, 0.25) is 0 Å². The number of carboxylic acid groups (broad SMARTS) is 1. The van der Waals surface area contributed by atoms with Crippen LogP contribution in [0.1, 0.15) is 39.5 Å². The van der Waals surface area contributed by atoms with Crippen molar-refractivity contribution in [1.82, 2.24) is 0 Å². The van der Waals surface area contributed by atoms with Crippen LogP contribution >= 0.6 is 0 Å². The normalized spacial score (nSPS) is 13.5. The lowest BCUT2D eigenvalue weighted by atomic mass is 10.0. The van der Waals surface area contributed by atoms with Crippen LogP contribution in [0.25, 0.3) is 0 Å². The zero-order valence-corrected chi connectivity index (χ0v) is 7.92. The molecular formula is C10H18O2. The van der Waals surface area contributed by atoms with E-state index < -0.39 is 5.97 Å². The molecule has 0 radical (unpaired) electrons. The molecule has 0 aromatic heterocycles. The SMILES string of the molecule is CCC=CCCCC(C)C(=O)O. The number of unbranched alkanes of at least 4 members (excludes halogenated alkanes) is 1. The predicted molar refractivity (Wildman–Crippen MR) is 50.1 cm³/mol. The van der Waals surface area contributed by atoms with Crippen LogP contribution < -0.4 is 0 Å². The molecule has 0 aromatic rings. The molecule has 0 aliphatic rings. The summed E-state index contributed by atoms with van der Waals surface area (Å²) >= 11 is 0. The van der Waals surface area contributed by atoms with E-state index in [1.807, 2.05) is 0 Å². The zero-order chi connectivity index (χ0) is 9.40. The van der Waals surface area contributed by atoms with Gasteiger partial charge in [0.15, 0.2) is 0 Å². The number of carboxylic acids is 1. The molecule has 0 rings (SSSR count). The first-order chi connectivity index (χ1) is 5.68. The highest BCUT2D eigenvalue weighted by Crippen LogP contribution is 2.08. The number of rotatable bonds is 6. The number of carbonyl (C=O) groups is 1. The van der Waals surface area contributed by atoms with Gasteiger partial charge in [-0.2, -0.15) is 0 Å². The Bertz CT molecular complexity index is 150. The van der Waals surface area contributed by atoms with Gasteiger partial charge in [-0.05, 0) is 25.7 Å². The minimum Gasteiger partial charge on any atom is -0.481 e. The molecule has 0 aromatic carbocycles. The van der Waals surface area contributed by atoms with E-state index in [-0.39, 0.29) is 5.92 Å². The van der Waals surface area contributed by atoms with Crippen molar-refractivity contribution in [1.29, 1.82) is 0 Å². The van der Waals surface area contributed by atoms with E-state index in [1.165, 1.54) is 0 Å². The Morgan fingerprint density at radius 1 is 1.50 bits per heavy atom. The molecule has 0 amide bonds. The van der Waals surface area contributed by atoms with Gasteiger partial charge >= 0.3 is 5.97 Å². The van der Waals surface area contributed by atoms with Crippen molar-refractivity contribution >= 4 is 5.97 Å². The Labute approximate surface area is 74.3 Å². The van der Waals surface area contributed by atoms with E-state index in [2.05, 4.69) is 19.1 Å². The van der Waals surface area contributed by atoms with E-state index in [0.29, 0.717) is 0 Å². The summed E-state index contributed by atoms with van der Waals surface area (Å²) in [4.78, 5) is 10.4. The molecule has 2 heteroatoms. The molecule has 0 spiro atoms. The molecule has 0 saturated heterocycles. The predicted octanol–water partition coefficient (Wildman–Crippen LogP) is 2.84. The standard InChI is InChI=1S/C10H18O2/c1-3-4-5-6-7-8-9(2)10(11)12/h4-5,9H,3,6-8H2,1-2H3,(H,11,12). The smallest absolute Gasteiger partial charge is 0.306 e. The number of hydrogen-bond donors (Lipinski definition) is 1. The average Bonchev–Trinajstić information content (AvgIpc) is 2.03. The molecule has 1 unspecified atom stereocenters. The minimum atomic E-state index is -0.686. The van der Waals surface area contributed by atoms with Crippen molar-refractivity contribution in [3.8, 4) is 0 Å². The van der Waals surface area contributed by atoms with Crippen LogP contribution in [0.15, 0.2) is 12.2 Å². The van der Waals surface area contributed by atoms with Gasteiger partial charge in [-0.25, -0.2) is 0 Å². The van der Waals surface area contributed by atoms with Gasteiger partial charge in [-0.15, -0.1) is 0 Å². The van der Waals surface area contributed by atoms with Crippen molar-refractivity contribution in [2.24, 2.45) is 5.92 Å². The minimum absolute atomic E-state index is 0.194.